The van der Waals surface area contributed by atoms with Crippen LogP contribution in [0, 0.1) is 0 Å². The number of halogens is 4. The van der Waals surface area contributed by atoms with Crippen LogP contribution in [0.25, 0.3) is 0 Å². The summed E-state index contributed by atoms with van der Waals surface area (Å²) < 4.78 is 36.1. The van der Waals surface area contributed by atoms with E-state index in [0.29, 0.717) is 5.96 Å². The third kappa shape index (κ3) is 9.75. The van der Waals surface area contributed by atoms with Crippen LogP contribution in [-0.4, -0.2) is 61.7 Å². The van der Waals surface area contributed by atoms with E-state index in [1.165, 1.54) is 11.9 Å². The highest BCUT2D eigenvalue weighted by molar-refractivity contribution is 14.0. The van der Waals surface area contributed by atoms with Crippen LogP contribution in [0.3, 0.4) is 0 Å². The van der Waals surface area contributed by atoms with Gasteiger partial charge in [0.25, 0.3) is 0 Å². The van der Waals surface area contributed by atoms with Crippen LogP contribution in [0.2, 0.25) is 0 Å². The van der Waals surface area contributed by atoms with Gasteiger partial charge in [0.15, 0.2) is 5.96 Å². The van der Waals surface area contributed by atoms with Crippen LogP contribution < -0.4 is 5.73 Å². The van der Waals surface area contributed by atoms with E-state index < -0.39 is 12.7 Å². The first-order chi connectivity index (χ1) is 7.80. The first kappa shape index (κ1) is 20.1. The molecule has 0 fully saturated rings. The summed E-state index contributed by atoms with van der Waals surface area (Å²) >= 11 is 0. The van der Waals surface area contributed by atoms with Gasteiger partial charge in [-0.25, -0.2) is 0 Å². The molecule has 4 nitrogen and oxygen atoms in total. The summed E-state index contributed by atoms with van der Waals surface area (Å²) in [6.45, 7) is 4.96. The first-order valence-electron chi connectivity index (χ1n) is 5.60. The number of aliphatic imine (C=N–C) groups is 1. The molecular formula is C10H22F3IN4. The van der Waals surface area contributed by atoms with Gasteiger partial charge >= 0.3 is 6.18 Å². The van der Waals surface area contributed by atoms with Crippen molar-refractivity contribution in [2.45, 2.75) is 20.0 Å². The molecule has 0 unspecified atom stereocenters. The van der Waals surface area contributed by atoms with E-state index in [-0.39, 0.29) is 37.1 Å². The Morgan fingerprint density at radius 3 is 2.11 bits per heavy atom. The molecule has 18 heavy (non-hydrogen) atoms. The molecule has 2 N–H and O–H groups in total. The summed E-state index contributed by atoms with van der Waals surface area (Å²) in [5, 5.41) is 0. The van der Waals surface area contributed by atoms with E-state index in [1.54, 1.807) is 0 Å². The van der Waals surface area contributed by atoms with E-state index in [4.69, 9.17) is 5.73 Å². The summed E-state index contributed by atoms with van der Waals surface area (Å²) in [7, 11) is 1.41. The van der Waals surface area contributed by atoms with Crippen LogP contribution in [0.5, 0.6) is 0 Å². The minimum atomic E-state index is -4.16. The van der Waals surface area contributed by atoms with Crippen LogP contribution in [0.4, 0.5) is 13.2 Å². The number of hydrogen-bond donors (Lipinski definition) is 1. The molecular weight excluding hydrogens is 360 g/mol. The third-order valence-corrected chi connectivity index (χ3v) is 2.29. The Morgan fingerprint density at radius 2 is 1.72 bits per heavy atom. The predicted octanol–water partition coefficient (Wildman–Crippen LogP) is 1.75. The lowest BCUT2D eigenvalue weighted by Crippen LogP contribution is -2.38. The topological polar surface area (TPSA) is 44.9 Å². The van der Waals surface area contributed by atoms with E-state index in [9.17, 15) is 13.2 Å². The maximum Gasteiger partial charge on any atom is 0.401 e. The average Bonchev–Trinajstić information content (AvgIpc) is 2.16. The quantitative estimate of drug-likeness (QED) is 0.433. The highest BCUT2D eigenvalue weighted by Crippen LogP contribution is 2.15. The fraction of sp³-hybridized carbons (Fsp3) is 0.900. The number of rotatable bonds is 6. The van der Waals surface area contributed by atoms with E-state index in [2.05, 4.69) is 4.99 Å². The lowest BCUT2D eigenvalue weighted by molar-refractivity contribution is -0.142. The van der Waals surface area contributed by atoms with Gasteiger partial charge in [-0.2, -0.15) is 13.2 Å². The Morgan fingerprint density at radius 1 is 1.22 bits per heavy atom. The van der Waals surface area contributed by atoms with Crippen molar-refractivity contribution in [1.82, 2.24) is 9.80 Å². The largest absolute Gasteiger partial charge is 0.401 e. The highest BCUT2D eigenvalue weighted by Gasteiger charge is 2.28. The second kappa shape index (κ2) is 9.65. The summed E-state index contributed by atoms with van der Waals surface area (Å²) in [5.74, 6) is 0.385. The van der Waals surface area contributed by atoms with Gasteiger partial charge in [0.05, 0.1) is 13.1 Å². The van der Waals surface area contributed by atoms with Crippen molar-refractivity contribution >= 4 is 29.9 Å². The standard InChI is InChI=1S/C10H21F3N4.HI/c1-4-17(5-2)9(14)15-6-7-16(3)8-10(11,12)13;/h4-8H2,1-3H3,(H2,14,15);1H. The number of likely N-dealkylation sites (N-methyl/N-ethyl adjacent to an activating group) is 1. The van der Waals surface area contributed by atoms with Crippen molar-refractivity contribution in [3.8, 4) is 0 Å². The van der Waals surface area contributed by atoms with Gasteiger partial charge in [-0.3, -0.25) is 9.89 Å². The van der Waals surface area contributed by atoms with Gasteiger partial charge in [-0.15, -0.1) is 24.0 Å². The first-order valence-corrected chi connectivity index (χ1v) is 5.60. The average molecular weight is 382 g/mol. The van der Waals surface area contributed by atoms with Crippen LogP contribution >= 0.6 is 24.0 Å². The molecule has 8 heteroatoms. The molecule has 0 aliphatic rings. The monoisotopic (exact) mass is 382 g/mol. The maximum absolute atomic E-state index is 12.0. The number of nitrogens with two attached hydrogens (primary N) is 1. The molecule has 0 aliphatic carbocycles. The Kier molecular flexibility index (Phi) is 10.8. The smallest absolute Gasteiger partial charge is 0.370 e. The van der Waals surface area contributed by atoms with Crippen molar-refractivity contribution in [3.63, 3.8) is 0 Å². The van der Waals surface area contributed by atoms with E-state index >= 15 is 0 Å². The molecule has 0 heterocycles. The Hall–Kier alpha value is -0.250. The summed E-state index contributed by atoms with van der Waals surface area (Å²) in [6, 6.07) is 0. The van der Waals surface area contributed by atoms with Gasteiger partial charge in [0.2, 0.25) is 0 Å². The lowest BCUT2D eigenvalue weighted by atomic mass is 10.5. The van der Waals surface area contributed by atoms with Crippen molar-refractivity contribution in [3.05, 3.63) is 0 Å². The highest BCUT2D eigenvalue weighted by atomic mass is 127. The molecule has 0 aliphatic heterocycles. The maximum atomic E-state index is 12.0. The molecule has 0 bridgehead atoms. The minimum Gasteiger partial charge on any atom is -0.370 e. The van der Waals surface area contributed by atoms with Crippen molar-refractivity contribution < 1.29 is 13.2 Å². The number of alkyl halides is 3. The van der Waals surface area contributed by atoms with Crippen molar-refractivity contribution in [2.24, 2.45) is 10.7 Å². The molecule has 0 aromatic carbocycles. The fourth-order valence-electron chi connectivity index (χ4n) is 1.37. The predicted molar refractivity (Wildman–Crippen MR) is 78.4 cm³/mol. The molecule has 0 saturated heterocycles. The minimum absolute atomic E-state index is 0. The molecule has 0 saturated carbocycles. The van der Waals surface area contributed by atoms with Gasteiger partial charge < -0.3 is 10.6 Å². The second-order valence-corrected chi connectivity index (χ2v) is 3.77. The Balaban J connectivity index is 0. The summed E-state index contributed by atoms with van der Waals surface area (Å²) in [5.41, 5.74) is 5.69. The Labute approximate surface area is 123 Å². The fourth-order valence-corrected chi connectivity index (χ4v) is 1.37. The molecule has 0 atom stereocenters. The molecule has 0 aromatic rings. The van der Waals surface area contributed by atoms with Gasteiger partial charge in [0.1, 0.15) is 0 Å². The van der Waals surface area contributed by atoms with Gasteiger partial charge in [-0.05, 0) is 20.9 Å². The molecule has 110 valence electrons. The molecule has 0 rings (SSSR count). The van der Waals surface area contributed by atoms with E-state index in [1.807, 2.05) is 18.7 Å². The number of hydrogen-bond acceptors (Lipinski definition) is 2. The lowest BCUT2D eigenvalue weighted by Gasteiger charge is -2.20. The molecule has 0 aromatic heterocycles. The third-order valence-electron chi connectivity index (χ3n) is 2.29. The van der Waals surface area contributed by atoms with E-state index in [0.717, 1.165) is 13.1 Å². The number of guanidine groups is 1. The van der Waals surface area contributed by atoms with Crippen LogP contribution in [0.1, 0.15) is 13.8 Å². The molecule has 0 radical (unpaired) electrons. The van der Waals surface area contributed by atoms with Gasteiger partial charge in [-0.1, -0.05) is 0 Å². The SMILES string of the molecule is CCN(CC)C(N)=NCCN(C)CC(F)(F)F.I. The van der Waals surface area contributed by atoms with Crippen molar-refractivity contribution in [1.29, 1.82) is 0 Å². The van der Waals surface area contributed by atoms with Crippen molar-refractivity contribution in [2.75, 3.05) is 39.8 Å². The zero-order valence-corrected chi connectivity index (χ0v) is 13.3. The number of nitrogens with zero attached hydrogens (tertiary/aromatic N) is 3. The summed E-state index contributed by atoms with van der Waals surface area (Å²) in [6.07, 6.45) is -4.16. The zero-order chi connectivity index (χ0) is 13.5. The molecule has 0 amide bonds. The van der Waals surface area contributed by atoms with Gasteiger partial charge in [0, 0.05) is 19.6 Å². The van der Waals surface area contributed by atoms with Crippen LogP contribution in [0.15, 0.2) is 4.99 Å². The molecule has 0 spiro atoms. The second-order valence-electron chi connectivity index (χ2n) is 3.77. The normalized spacial score (nSPS) is 12.5. The van der Waals surface area contributed by atoms with Crippen LogP contribution in [-0.2, 0) is 0 Å². The Bertz CT molecular complexity index is 242. The zero-order valence-electron chi connectivity index (χ0n) is 11.0. The summed E-state index contributed by atoms with van der Waals surface area (Å²) in [4.78, 5) is 7.08.